The van der Waals surface area contributed by atoms with Gasteiger partial charge in [0.15, 0.2) is 0 Å². The molecule has 12 aromatic carbocycles. The average molecular weight is 919 g/mol. The second kappa shape index (κ2) is 15.4. The van der Waals surface area contributed by atoms with E-state index < -0.39 is 0 Å². The topological polar surface area (TPSA) is 21.3 Å². The van der Waals surface area contributed by atoms with Gasteiger partial charge in [-0.05, 0) is 168 Å². The highest BCUT2D eigenvalue weighted by Crippen LogP contribution is 2.51. The lowest BCUT2D eigenvalue weighted by molar-refractivity contribution is 0.660. The molecule has 338 valence electrons. The van der Waals surface area contributed by atoms with Gasteiger partial charge in [0.25, 0.3) is 0 Å². The lowest BCUT2D eigenvalue weighted by Gasteiger charge is -2.28. The summed E-state index contributed by atoms with van der Waals surface area (Å²) in [6.45, 7) is 4.72. The van der Waals surface area contributed by atoms with E-state index in [1.807, 2.05) is 0 Å². The van der Waals surface area contributed by atoms with Crippen molar-refractivity contribution < 1.29 is 4.42 Å². The first-order valence-corrected chi connectivity index (χ1v) is 25.0. The van der Waals surface area contributed by atoms with Gasteiger partial charge < -0.3 is 13.9 Å². The monoisotopic (exact) mass is 918 g/mol. The standard InChI is InChI=1S/C69H46N2O/c1-69(2)61-24-8-6-20-54(61)55-36-34-52(42-62(55)69)70(50-32-28-43(29-33-50)47-31-37-64-60(41-47)56-21-7-9-25-63(56)71(64)49-17-4-3-5-18-49)51-19-11-16-46(39-51)44-14-10-15-45(38-44)48-30-35-53-57-22-12-26-65-67(57)68-58(59(53)40-48)23-13-27-66(68)72-65/h3-42H,1-2H3. The molecule has 0 bridgehead atoms. The van der Waals surface area contributed by atoms with Crippen LogP contribution in [0, 0.1) is 0 Å². The van der Waals surface area contributed by atoms with E-state index in [1.165, 1.54) is 104 Å². The van der Waals surface area contributed by atoms with Gasteiger partial charge in [-0.1, -0.05) is 166 Å². The van der Waals surface area contributed by atoms with Crippen molar-refractivity contribution in [2.45, 2.75) is 19.3 Å². The van der Waals surface area contributed by atoms with Crippen LogP contribution in [0.3, 0.4) is 0 Å². The molecule has 0 spiro atoms. The zero-order chi connectivity index (χ0) is 47.7. The summed E-state index contributed by atoms with van der Waals surface area (Å²) < 4.78 is 8.72. The van der Waals surface area contributed by atoms with Gasteiger partial charge in [-0.2, -0.15) is 0 Å². The number of fused-ring (bicyclic) bond motifs is 9. The molecule has 0 radical (unpaired) electrons. The average Bonchev–Trinajstić information content (AvgIpc) is 4.06. The third-order valence-electron chi connectivity index (χ3n) is 15.7. The molecule has 1 aliphatic rings. The lowest BCUT2D eigenvalue weighted by Crippen LogP contribution is -2.16. The van der Waals surface area contributed by atoms with E-state index in [1.54, 1.807) is 0 Å². The molecule has 15 rings (SSSR count). The highest BCUT2D eigenvalue weighted by atomic mass is 16.3. The van der Waals surface area contributed by atoms with Gasteiger partial charge in [-0.25, -0.2) is 0 Å². The second-order valence-electron chi connectivity index (χ2n) is 20.1. The van der Waals surface area contributed by atoms with Crippen LogP contribution in [0.4, 0.5) is 17.1 Å². The number of hydrogen-bond acceptors (Lipinski definition) is 2. The molecule has 0 N–H and O–H groups in total. The number of para-hydroxylation sites is 2. The lowest BCUT2D eigenvalue weighted by atomic mass is 9.82. The molecule has 0 amide bonds. The molecular formula is C69H46N2O. The molecule has 72 heavy (non-hydrogen) atoms. The Morgan fingerprint density at radius 1 is 0.333 bits per heavy atom. The number of aromatic nitrogens is 1. The first-order valence-electron chi connectivity index (χ1n) is 25.0. The number of furan rings is 1. The maximum absolute atomic E-state index is 6.35. The fraction of sp³-hybridized carbons (Fsp3) is 0.0435. The Bertz CT molecular complexity index is 4480. The molecule has 0 atom stereocenters. The Kier molecular flexibility index (Phi) is 8.71. The molecule has 3 heteroatoms. The van der Waals surface area contributed by atoms with Crippen molar-refractivity contribution in [2.75, 3.05) is 4.90 Å². The molecule has 2 heterocycles. The molecule has 3 nitrogen and oxygen atoms in total. The Morgan fingerprint density at radius 3 is 1.69 bits per heavy atom. The number of anilines is 3. The minimum Gasteiger partial charge on any atom is -0.456 e. The quantitative estimate of drug-likeness (QED) is 0.149. The minimum absolute atomic E-state index is 0.140. The van der Waals surface area contributed by atoms with Gasteiger partial charge >= 0.3 is 0 Å². The van der Waals surface area contributed by atoms with E-state index in [0.29, 0.717) is 0 Å². The molecule has 2 aromatic heterocycles. The zero-order valence-corrected chi connectivity index (χ0v) is 39.9. The smallest absolute Gasteiger partial charge is 0.136 e. The van der Waals surface area contributed by atoms with Crippen LogP contribution in [0.2, 0.25) is 0 Å². The molecule has 0 aliphatic heterocycles. The van der Waals surface area contributed by atoms with Gasteiger partial charge in [0.1, 0.15) is 11.2 Å². The van der Waals surface area contributed by atoms with Crippen LogP contribution in [0.5, 0.6) is 0 Å². The summed E-state index contributed by atoms with van der Waals surface area (Å²) in [5.74, 6) is 0. The van der Waals surface area contributed by atoms with E-state index in [9.17, 15) is 0 Å². The number of benzene rings is 12. The minimum atomic E-state index is -0.140. The summed E-state index contributed by atoms with van der Waals surface area (Å²) >= 11 is 0. The molecule has 0 saturated carbocycles. The summed E-state index contributed by atoms with van der Waals surface area (Å²) in [7, 11) is 0. The Labute approximate surface area is 417 Å². The Morgan fingerprint density at radius 2 is 0.889 bits per heavy atom. The molecular weight excluding hydrogens is 873 g/mol. The van der Waals surface area contributed by atoms with Crippen molar-refractivity contribution in [3.8, 4) is 50.2 Å². The second-order valence-corrected chi connectivity index (χ2v) is 20.1. The van der Waals surface area contributed by atoms with Gasteiger partial charge in [-0.3, -0.25) is 0 Å². The van der Waals surface area contributed by atoms with Crippen molar-refractivity contribution in [1.82, 2.24) is 4.57 Å². The molecule has 0 saturated heterocycles. The van der Waals surface area contributed by atoms with E-state index in [4.69, 9.17) is 4.42 Å². The van der Waals surface area contributed by atoms with Crippen molar-refractivity contribution in [3.05, 3.63) is 254 Å². The first kappa shape index (κ1) is 40.7. The fourth-order valence-electron chi connectivity index (χ4n) is 12.3. The van der Waals surface area contributed by atoms with Crippen molar-refractivity contribution in [2.24, 2.45) is 0 Å². The van der Waals surface area contributed by atoms with Crippen molar-refractivity contribution >= 4 is 82.4 Å². The summed E-state index contributed by atoms with van der Waals surface area (Å²) in [5.41, 5.74) is 21.1. The predicted molar refractivity (Wildman–Crippen MR) is 303 cm³/mol. The van der Waals surface area contributed by atoms with Crippen LogP contribution in [-0.4, -0.2) is 4.57 Å². The van der Waals surface area contributed by atoms with Gasteiger partial charge in [-0.15, -0.1) is 0 Å². The maximum atomic E-state index is 6.35. The maximum Gasteiger partial charge on any atom is 0.136 e. The number of nitrogens with zero attached hydrogens (tertiary/aromatic N) is 2. The first-order chi connectivity index (χ1) is 35.4. The van der Waals surface area contributed by atoms with Crippen LogP contribution < -0.4 is 4.90 Å². The van der Waals surface area contributed by atoms with Crippen molar-refractivity contribution in [3.63, 3.8) is 0 Å². The molecule has 0 fully saturated rings. The van der Waals surface area contributed by atoms with E-state index in [2.05, 4.69) is 266 Å². The largest absolute Gasteiger partial charge is 0.456 e. The molecule has 14 aromatic rings. The normalized spacial score (nSPS) is 13.0. The summed E-state index contributed by atoms with van der Waals surface area (Å²) in [5, 5.41) is 9.86. The van der Waals surface area contributed by atoms with Crippen LogP contribution in [-0.2, 0) is 5.41 Å². The summed E-state index contributed by atoms with van der Waals surface area (Å²) in [4.78, 5) is 2.43. The van der Waals surface area contributed by atoms with Crippen LogP contribution in [0.25, 0.3) is 115 Å². The fourth-order valence-corrected chi connectivity index (χ4v) is 12.3. The Hall–Kier alpha value is -9.18. The number of rotatable bonds is 7. The molecule has 0 unspecified atom stereocenters. The third-order valence-corrected chi connectivity index (χ3v) is 15.7. The van der Waals surface area contributed by atoms with Crippen LogP contribution >= 0.6 is 0 Å². The summed E-state index contributed by atoms with van der Waals surface area (Å²) in [6, 6.07) is 89.3. The SMILES string of the molecule is CC1(C)c2ccccc2-c2ccc(N(c3ccc(-c4ccc5c(c4)c4ccccc4n5-c4ccccc4)cc3)c3cccc(-c4cccc(-c5ccc6c(c5)c5cccc7oc8cccc6c8c75)c4)c3)cc21. The van der Waals surface area contributed by atoms with Gasteiger partial charge in [0, 0.05) is 49.7 Å². The van der Waals surface area contributed by atoms with Crippen molar-refractivity contribution in [1.29, 1.82) is 0 Å². The highest BCUT2D eigenvalue weighted by molar-refractivity contribution is 6.33. The van der Waals surface area contributed by atoms with E-state index in [-0.39, 0.29) is 5.41 Å². The Balaban J connectivity index is 0.834. The van der Waals surface area contributed by atoms with E-state index >= 15 is 0 Å². The van der Waals surface area contributed by atoms with E-state index in [0.717, 1.165) is 39.5 Å². The summed E-state index contributed by atoms with van der Waals surface area (Å²) in [6.07, 6.45) is 0. The van der Waals surface area contributed by atoms with Crippen LogP contribution in [0.15, 0.2) is 247 Å². The predicted octanol–water partition coefficient (Wildman–Crippen LogP) is 19.2. The number of hydrogen-bond donors (Lipinski definition) is 0. The highest BCUT2D eigenvalue weighted by Gasteiger charge is 2.36. The third kappa shape index (κ3) is 6.04. The van der Waals surface area contributed by atoms with Gasteiger partial charge in [0.05, 0.1) is 11.0 Å². The van der Waals surface area contributed by atoms with Gasteiger partial charge in [0.2, 0.25) is 0 Å². The van der Waals surface area contributed by atoms with Crippen LogP contribution in [0.1, 0.15) is 25.0 Å². The molecule has 1 aliphatic carbocycles. The zero-order valence-electron chi connectivity index (χ0n) is 39.9.